The van der Waals surface area contributed by atoms with Crippen molar-refractivity contribution in [3.8, 4) is 11.8 Å². The maximum atomic E-state index is 11.8. The average Bonchev–Trinajstić information content (AvgIpc) is 3.13. The van der Waals surface area contributed by atoms with E-state index < -0.39 is 0 Å². The number of thioether (sulfide) groups is 1. The summed E-state index contributed by atoms with van der Waals surface area (Å²) < 4.78 is 0. The molecule has 2 aliphatic rings. The first kappa shape index (κ1) is 17.4. The SMILES string of the molecule is O=C(CSC1CCCC1)NCC#CCN1CCc2ccccc2C1. The zero-order valence-corrected chi connectivity index (χ0v) is 15.0. The molecule has 3 rings (SSSR count). The second-order valence-electron chi connectivity index (χ2n) is 6.58. The van der Waals surface area contributed by atoms with E-state index in [0.29, 0.717) is 17.5 Å². The molecule has 1 aliphatic carbocycles. The number of hydrogen-bond donors (Lipinski definition) is 1. The molecule has 1 fully saturated rings. The van der Waals surface area contributed by atoms with Crippen LogP contribution in [-0.4, -0.2) is 41.4 Å². The number of nitrogens with one attached hydrogen (secondary N) is 1. The molecule has 0 aromatic heterocycles. The number of hydrogen-bond acceptors (Lipinski definition) is 3. The first-order chi connectivity index (χ1) is 11.8. The summed E-state index contributed by atoms with van der Waals surface area (Å²) in [5, 5.41) is 3.61. The molecule has 0 saturated heterocycles. The summed E-state index contributed by atoms with van der Waals surface area (Å²) in [6.45, 7) is 3.29. The third kappa shape index (κ3) is 5.29. The maximum absolute atomic E-state index is 11.8. The van der Waals surface area contributed by atoms with Gasteiger partial charge in [0, 0.05) is 18.3 Å². The van der Waals surface area contributed by atoms with E-state index in [2.05, 4.69) is 46.3 Å². The Morgan fingerprint density at radius 1 is 1.21 bits per heavy atom. The van der Waals surface area contributed by atoms with E-state index in [0.717, 1.165) is 26.1 Å². The van der Waals surface area contributed by atoms with Gasteiger partial charge in [0.2, 0.25) is 5.91 Å². The summed E-state index contributed by atoms with van der Waals surface area (Å²) in [5.74, 6) is 6.97. The first-order valence-electron chi connectivity index (χ1n) is 8.94. The molecule has 1 N–H and O–H groups in total. The van der Waals surface area contributed by atoms with E-state index in [4.69, 9.17) is 0 Å². The van der Waals surface area contributed by atoms with Crippen LogP contribution in [0.5, 0.6) is 0 Å². The summed E-state index contributed by atoms with van der Waals surface area (Å²) in [6.07, 6.45) is 6.30. The van der Waals surface area contributed by atoms with Crippen LogP contribution >= 0.6 is 11.8 Å². The summed E-state index contributed by atoms with van der Waals surface area (Å²) in [6, 6.07) is 8.64. The predicted octanol–water partition coefficient (Wildman–Crippen LogP) is 2.84. The van der Waals surface area contributed by atoms with E-state index in [1.165, 1.54) is 36.8 Å². The Hall–Kier alpha value is -1.44. The fourth-order valence-corrected chi connectivity index (χ4v) is 4.52. The molecular formula is C20H26N2OS. The van der Waals surface area contributed by atoms with Crippen molar-refractivity contribution in [1.29, 1.82) is 0 Å². The Labute approximate surface area is 149 Å². The molecule has 0 unspecified atom stereocenters. The smallest absolute Gasteiger partial charge is 0.230 e. The van der Waals surface area contributed by atoms with Crippen LogP contribution in [0.4, 0.5) is 0 Å². The molecule has 24 heavy (non-hydrogen) atoms. The van der Waals surface area contributed by atoms with Gasteiger partial charge in [0.05, 0.1) is 18.8 Å². The molecule has 3 nitrogen and oxygen atoms in total. The van der Waals surface area contributed by atoms with Crippen molar-refractivity contribution >= 4 is 17.7 Å². The summed E-state index contributed by atoms with van der Waals surface area (Å²) >= 11 is 1.80. The molecule has 0 bridgehead atoms. The van der Waals surface area contributed by atoms with Gasteiger partial charge in [-0.25, -0.2) is 0 Å². The van der Waals surface area contributed by atoms with E-state index in [9.17, 15) is 4.79 Å². The lowest BCUT2D eigenvalue weighted by molar-refractivity contribution is -0.118. The lowest BCUT2D eigenvalue weighted by Crippen LogP contribution is -2.31. The topological polar surface area (TPSA) is 32.3 Å². The second kappa shape index (κ2) is 9.15. The van der Waals surface area contributed by atoms with E-state index in [1.54, 1.807) is 11.8 Å². The van der Waals surface area contributed by atoms with E-state index >= 15 is 0 Å². The van der Waals surface area contributed by atoms with Crippen molar-refractivity contribution in [2.45, 2.75) is 43.9 Å². The van der Waals surface area contributed by atoms with Gasteiger partial charge in [0.15, 0.2) is 0 Å². The highest BCUT2D eigenvalue weighted by Crippen LogP contribution is 2.28. The van der Waals surface area contributed by atoms with Gasteiger partial charge in [-0.15, -0.1) is 11.8 Å². The summed E-state index contributed by atoms with van der Waals surface area (Å²) in [7, 11) is 0. The molecule has 4 heteroatoms. The van der Waals surface area contributed by atoms with Crippen LogP contribution in [0.1, 0.15) is 36.8 Å². The fourth-order valence-electron chi connectivity index (χ4n) is 3.36. The van der Waals surface area contributed by atoms with Crippen LogP contribution < -0.4 is 5.32 Å². The van der Waals surface area contributed by atoms with Gasteiger partial charge < -0.3 is 5.32 Å². The molecule has 128 valence electrons. The van der Waals surface area contributed by atoms with Crippen molar-refractivity contribution in [3.63, 3.8) is 0 Å². The van der Waals surface area contributed by atoms with Gasteiger partial charge in [-0.2, -0.15) is 0 Å². The third-order valence-corrected chi connectivity index (χ3v) is 6.14. The van der Waals surface area contributed by atoms with Gasteiger partial charge in [-0.05, 0) is 30.4 Å². The lowest BCUT2D eigenvalue weighted by Gasteiger charge is -2.26. The number of fused-ring (bicyclic) bond motifs is 1. The molecule has 0 radical (unpaired) electrons. The minimum Gasteiger partial charge on any atom is -0.344 e. The highest BCUT2D eigenvalue weighted by molar-refractivity contribution is 8.00. The molecule has 1 aromatic carbocycles. The quantitative estimate of drug-likeness (QED) is 0.835. The Kier molecular flexibility index (Phi) is 6.63. The Bertz CT molecular complexity index is 614. The van der Waals surface area contributed by atoms with Crippen LogP contribution in [0.2, 0.25) is 0 Å². The molecule has 1 saturated carbocycles. The van der Waals surface area contributed by atoms with Gasteiger partial charge in [0.1, 0.15) is 0 Å². The molecular weight excluding hydrogens is 316 g/mol. The monoisotopic (exact) mass is 342 g/mol. The summed E-state index contributed by atoms with van der Waals surface area (Å²) in [5.41, 5.74) is 2.89. The van der Waals surface area contributed by atoms with Crippen LogP contribution in [0.3, 0.4) is 0 Å². The molecule has 1 aliphatic heterocycles. The Morgan fingerprint density at radius 3 is 2.83 bits per heavy atom. The first-order valence-corrected chi connectivity index (χ1v) is 9.99. The van der Waals surface area contributed by atoms with Crippen LogP contribution in [-0.2, 0) is 17.8 Å². The van der Waals surface area contributed by atoms with Crippen molar-refractivity contribution in [1.82, 2.24) is 10.2 Å². The highest BCUT2D eigenvalue weighted by atomic mass is 32.2. The zero-order chi connectivity index (χ0) is 16.6. The molecule has 1 amide bonds. The maximum Gasteiger partial charge on any atom is 0.230 e. The standard InChI is InChI=1S/C20H26N2OS/c23-20(16-24-19-9-3-4-10-19)21-12-5-6-13-22-14-11-17-7-1-2-8-18(17)15-22/h1-2,7-8,19H,3-4,9-16H2,(H,21,23). The van der Waals surface area contributed by atoms with Crippen molar-refractivity contribution < 1.29 is 4.79 Å². The highest BCUT2D eigenvalue weighted by Gasteiger charge is 2.16. The minimum absolute atomic E-state index is 0.119. The zero-order valence-electron chi connectivity index (χ0n) is 14.2. The Morgan fingerprint density at radius 2 is 2.00 bits per heavy atom. The normalized spacial score (nSPS) is 17.8. The van der Waals surface area contributed by atoms with E-state index in [-0.39, 0.29) is 5.91 Å². The summed E-state index contributed by atoms with van der Waals surface area (Å²) in [4.78, 5) is 14.2. The molecule has 1 aromatic rings. The van der Waals surface area contributed by atoms with Gasteiger partial charge in [0.25, 0.3) is 0 Å². The van der Waals surface area contributed by atoms with Crippen molar-refractivity contribution in [2.75, 3.05) is 25.4 Å². The van der Waals surface area contributed by atoms with Gasteiger partial charge >= 0.3 is 0 Å². The minimum atomic E-state index is 0.119. The lowest BCUT2D eigenvalue weighted by atomic mass is 10.0. The van der Waals surface area contributed by atoms with Crippen molar-refractivity contribution in [2.24, 2.45) is 0 Å². The van der Waals surface area contributed by atoms with Crippen molar-refractivity contribution in [3.05, 3.63) is 35.4 Å². The van der Waals surface area contributed by atoms with E-state index in [1.807, 2.05) is 0 Å². The number of amides is 1. The van der Waals surface area contributed by atoms with Gasteiger partial charge in [-0.1, -0.05) is 48.9 Å². The number of carbonyl (C=O) groups excluding carboxylic acids is 1. The Balaban J connectivity index is 1.31. The van der Waals surface area contributed by atoms with Gasteiger partial charge in [-0.3, -0.25) is 9.69 Å². The van der Waals surface area contributed by atoms with Crippen LogP contribution in [0, 0.1) is 11.8 Å². The number of benzene rings is 1. The number of rotatable bonds is 5. The molecule has 0 atom stereocenters. The number of nitrogens with zero attached hydrogens (tertiary/aromatic N) is 1. The largest absolute Gasteiger partial charge is 0.344 e. The number of carbonyl (C=O) groups is 1. The third-order valence-electron chi connectivity index (χ3n) is 4.76. The predicted molar refractivity (Wildman–Crippen MR) is 101 cm³/mol. The fraction of sp³-hybridized carbons (Fsp3) is 0.550. The molecule has 0 spiro atoms. The van der Waals surface area contributed by atoms with Crippen LogP contribution in [0.25, 0.3) is 0 Å². The second-order valence-corrected chi connectivity index (χ2v) is 7.87. The molecule has 1 heterocycles. The average molecular weight is 343 g/mol. The van der Waals surface area contributed by atoms with Crippen LogP contribution in [0.15, 0.2) is 24.3 Å².